The summed E-state index contributed by atoms with van der Waals surface area (Å²) in [4.78, 5) is 6.14. The Kier molecular flexibility index (Phi) is 3.40. The summed E-state index contributed by atoms with van der Waals surface area (Å²) < 4.78 is 0. The van der Waals surface area contributed by atoms with Gasteiger partial charge in [0.25, 0.3) is 0 Å². The third kappa shape index (κ3) is 2.57. The second kappa shape index (κ2) is 5.19. The van der Waals surface area contributed by atoms with E-state index < -0.39 is 0 Å². The fraction of sp³-hybridized carbons (Fsp3) is 0.250. The summed E-state index contributed by atoms with van der Waals surface area (Å²) in [6.45, 7) is 6.21. The molecule has 1 aromatic carbocycles. The minimum atomic E-state index is 0.903. The lowest BCUT2D eigenvalue weighted by Gasteiger charge is -2.02. The number of aromatic amines is 1. The van der Waals surface area contributed by atoms with Crippen LogP contribution in [-0.2, 0) is 13.1 Å². The SMILES string of the molecule is Cc1cc(CNCc2c[nH]c3ccccc23)sc1C. The van der Waals surface area contributed by atoms with Gasteiger partial charge in [0.05, 0.1) is 0 Å². The van der Waals surface area contributed by atoms with E-state index in [-0.39, 0.29) is 0 Å². The molecule has 19 heavy (non-hydrogen) atoms. The van der Waals surface area contributed by atoms with Crippen molar-refractivity contribution in [2.75, 3.05) is 0 Å². The molecule has 0 spiro atoms. The van der Waals surface area contributed by atoms with Crippen LogP contribution in [0.1, 0.15) is 20.9 Å². The number of aryl methyl sites for hydroxylation is 2. The van der Waals surface area contributed by atoms with Crippen molar-refractivity contribution in [2.45, 2.75) is 26.9 Å². The molecule has 3 aromatic rings. The zero-order valence-electron chi connectivity index (χ0n) is 11.3. The lowest BCUT2D eigenvalue weighted by molar-refractivity contribution is 0.704. The monoisotopic (exact) mass is 270 g/mol. The van der Waals surface area contributed by atoms with Crippen molar-refractivity contribution in [3.63, 3.8) is 0 Å². The molecule has 0 bridgehead atoms. The van der Waals surface area contributed by atoms with Gasteiger partial charge in [-0.05, 0) is 37.1 Å². The second-order valence-corrected chi connectivity index (χ2v) is 6.26. The van der Waals surface area contributed by atoms with Crippen molar-refractivity contribution in [3.05, 3.63) is 57.4 Å². The van der Waals surface area contributed by atoms with Gasteiger partial charge in [-0.3, -0.25) is 0 Å². The predicted octanol–water partition coefficient (Wildman–Crippen LogP) is 4.14. The molecule has 2 nitrogen and oxygen atoms in total. The number of fused-ring (bicyclic) bond motifs is 1. The molecule has 3 heteroatoms. The predicted molar refractivity (Wildman–Crippen MR) is 82.6 cm³/mol. The van der Waals surface area contributed by atoms with E-state index in [2.05, 4.69) is 60.7 Å². The zero-order valence-corrected chi connectivity index (χ0v) is 12.1. The summed E-state index contributed by atoms with van der Waals surface area (Å²) in [5, 5.41) is 4.84. The number of rotatable bonds is 4. The summed E-state index contributed by atoms with van der Waals surface area (Å²) >= 11 is 1.88. The van der Waals surface area contributed by atoms with Gasteiger partial charge in [-0.25, -0.2) is 0 Å². The largest absolute Gasteiger partial charge is 0.361 e. The molecule has 0 amide bonds. The number of nitrogens with one attached hydrogen (secondary N) is 2. The molecule has 0 fully saturated rings. The van der Waals surface area contributed by atoms with Crippen LogP contribution in [0.3, 0.4) is 0 Å². The molecule has 2 heterocycles. The van der Waals surface area contributed by atoms with Gasteiger partial charge < -0.3 is 10.3 Å². The first kappa shape index (κ1) is 12.5. The number of H-pyrrole nitrogens is 1. The quantitative estimate of drug-likeness (QED) is 0.733. The molecular weight excluding hydrogens is 252 g/mol. The van der Waals surface area contributed by atoms with Crippen molar-refractivity contribution in [3.8, 4) is 0 Å². The smallest absolute Gasteiger partial charge is 0.0457 e. The van der Waals surface area contributed by atoms with E-state index >= 15 is 0 Å². The number of para-hydroxylation sites is 1. The summed E-state index contributed by atoms with van der Waals surface area (Å²) in [5.74, 6) is 0. The van der Waals surface area contributed by atoms with Gasteiger partial charge in [-0.2, -0.15) is 0 Å². The number of hydrogen-bond acceptors (Lipinski definition) is 2. The highest BCUT2D eigenvalue weighted by molar-refractivity contribution is 7.12. The summed E-state index contributed by atoms with van der Waals surface area (Å²) in [7, 11) is 0. The minimum Gasteiger partial charge on any atom is -0.361 e. The first-order valence-corrected chi connectivity index (χ1v) is 7.37. The Bertz CT molecular complexity index is 674. The van der Waals surface area contributed by atoms with Gasteiger partial charge in [0, 0.05) is 39.9 Å². The van der Waals surface area contributed by atoms with Gasteiger partial charge in [-0.1, -0.05) is 18.2 Å². The highest BCUT2D eigenvalue weighted by atomic mass is 32.1. The van der Waals surface area contributed by atoms with E-state index in [9.17, 15) is 0 Å². The van der Waals surface area contributed by atoms with E-state index in [1.165, 1.54) is 31.8 Å². The maximum absolute atomic E-state index is 3.53. The average molecular weight is 270 g/mol. The molecule has 0 radical (unpaired) electrons. The van der Waals surface area contributed by atoms with Crippen LogP contribution in [-0.4, -0.2) is 4.98 Å². The van der Waals surface area contributed by atoms with Crippen LogP contribution >= 0.6 is 11.3 Å². The fourth-order valence-electron chi connectivity index (χ4n) is 2.34. The molecule has 3 rings (SSSR count). The van der Waals surface area contributed by atoms with E-state index in [0.29, 0.717) is 0 Å². The molecule has 0 saturated carbocycles. The zero-order chi connectivity index (χ0) is 13.2. The standard InChI is InChI=1S/C16H18N2S/c1-11-7-14(19-12(11)2)10-17-8-13-9-18-16-6-4-3-5-15(13)16/h3-7,9,17-18H,8,10H2,1-2H3. The maximum Gasteiger partial charge on any atom is 0.0457 e. The van der Waals surface area contributed by atoms with Crippen LogP contribution in [0.25, 0.3) is 10.9 Å². The van der Waals surface area contributed by atoms with Crippen molar-refractivity contribution in [2.24, 2.45) is 0 Å². The number of hydrogen-bond donors (Lipinski definition) is 2. The number of benzene rings is 1. The molecule has 2 N–H and O–H groups in total. The second-order valence-electron chi connectivity index (χ2n) is 4.91. The van der Waals surface area contributed by atoms with Crippen LogP contribution in [0.2, 0.25) is 0 Å². The Morgan fingerprint density at radius 3 is 2.79 bits per heavy atom. The molecule has 2 aromatic heterocycles. The Balaban J connectivity index is 1.66. The van der Waals surface area contributed by atoms with Crippen LogP contribution in [0.5, 0.6) is 0 Å². The highest BCUT2D eigenvalue weighted by Gasteiger charge is 2.04. The first-order valence-electron chi connectivity index (χ1n) is 6.55. The van der Waals surface area contributed by atoms with Gasteiger partial charge in [0.1, 0.15) is 0 Å². The molecule has 0 unspecified atom stereocenters. The third-order valence-corrected chi connectivity index (χ3v) is 4.66. The normalized spacial score (nSPS) is 11.3. The summed E-state index contributed by atoms with van der Waals surface area (Å²) in [6, 6.07) is 10.7. The van der Waals surface area contributed by atoms with Crippen LogP contribution in [0, 0.1) is 13.8 Å². The van der Waals surface area contributed by atoms with Gasteiger partial charge >= 0.3 is 0 Å². The van der Waals surface area contributed by atoms with E-state index in [1.807, 2.05) is 11.3 Å². The molecule has 0 aliphatic heterocycles. The third-order valence-electron chi connectivity index (χ3n) is 3.51. The number of aromatic nitrogens is 1. The molecule has 0 aliphatic rings. The summed E-state index contributed by atoms with van der Waals surface area (Å²) in [6.07, 6.45) is 2.10. The highest BCUT2D eigenvalue weighted by Crippen LogP contribution is 2.21. The van der Waals surface area contributed by atoms with Crippen molar-refractivity contribution in [1.82, 2.24) is 10.3 Å². The van der Waals surface area contributed by atoms with Crippen molar-refractivity contribution >= 4 is 22.2 Å². The fourth-order valence-corrected chi connectivity index (χ4v) is 3.36. The Morgan fingerprint density at radius 2 is 2.00 bits per heavy atom. The van der Waals surface area contributed by atoms with Crippen LogP contribution < -0.4 is 5.32 Å². The molecule has 0 atom stereocenters. The molecule has 0 aliphatic carbocycles. The molecule has 98 valence electrons. The van der Waals surface area contributed by atoms with E-state index in [1.54, 1.807) is 0 Å². The average Bonchev–Trinajstić information content (AvgIpc) is 2.95. The Morgan fingerprint density at radius 1 is 1.16 bits per heavy atom. The lowest BCUT2D eigenvalue weighted by Crippen LogP contribution is -2.11. The molecule has 0 saturated heterocycles. The van der Waals surface area contributed by atoms with Gasteiger partial charge in [-0.15, -0.1) is 11.3 Å². The van der Waals surface area contributed by atoms with E-state index in [4.69, 9.17) is 0 Å². The number of thiophene rings is 1. The Hall–Kier alpha value is -1.58. The van der Waals surface area contributed by atoms with Crippen LogP contribution in [0.4, 0.5) is 0 Å². The van der Waals surface area contributed by atoms with Crippen molar-refractivity contribution < 1.29 is 0 Å². The minimum absolute atomic E-state index is 0.903. The molecular formula is C16H18N2S. The van der Waals surface area contributed by atoms with E-state index in [0.717, 1.165) is 13.1 Å². The lowest BCUT2D eigenvalue weighted by atomic mass is 10.2. The van der Waals surface area contributed by atoms with Crippen molar-refractivity contribution in [1.29, 1.82) is 0 Å². The topological polar surface area (TPSA) is 27.8 Å². The first-order chi connectivity index (χ1) is 9.24. The summed E-state index contributed by atoms with van der Waals surface area (Å²) in [5.41, 5.74) is 3.94. The van der Waals surface area contributed by atoms with Gasteiger partial charge in [0.15, 0.2) is 0 Å². The van der Waals surface area contributed by atoms with Crippen LogP contribution in [0.15, 0.2) is 36.5 Å². The van der Waals surface area contributed by atoms with Gasteiger partial charge in [0.2, 0.25) is 0 Å². The maximum atomic E-state index is 3.53. The Labute approximate surface area is 117 Å².